The van der Waals surface area contributed by atoms with Gasteiger partial charge in [0.25, 0.3) is 5.69 Å². The van der Waals surface area contributed by atoms with Crippen molar-refractivity contribution in [1.82, 2.24) is 0 Å². The van der Waals surface area contributed by atoms with Gasteiger partial charge in [-0.3, -0.25) is 10.1 Å². The van der Waals surface area contributed by atoms with E-state index >= 15 is 0 Å². The summed E-state index contributed by atoms with van der Waals surface area (Å²) >= 11 is 3.12. The number of nitro groups is 1. The van der Waals surface area contributed by atoms with E-state index in [1.807, 2.05) is 6.92 Å². The van der Waals surface area contributed by atoms with Crippen LogP contribution < -0.4 is 10.6 Å². The van der Waals surface area contributed by atoms with Gasteiger partial charge >= 0.3 is 0 Å². The number of hydrogen-bond donors (Lipinski definition) is 2. The highest BCUT2D eigenvalue weighted by atomic mass is 79.9. The lowest BCUT2D eigenvalue weighted by Crippen LogP contribution is -1.98. The maximum atomic E-state index is 13.6. The maximum Gasteiger partial charge on any atom is 0.273 e. The molecule has 2 N–H and O–H groups in total. The number of rotatable bonds is 4. The number of non-ortho nitro benzene ring substituents is 1. The molecule has 5 nitrogen and oxygen atoms in total. The van der Waals surface area contributed by atoms with Crippen LogP contribution in [0.3, 0.4) is 0 Å². The number of nitrogens with zero attached hydrogens (tertiary/aromatic N) is 1. The summed E-state index contributed by atoms with van der Waals surface area (Å²) in [7, 11) is 1.67. The van der Waals surface area contributed by atoms with Gasteiger partial charge in [-0.1, -0.05) is 0 Å². The molecule has 110 valence electrons. The molecule has 0 bridgehead atoms. The Labute approximate surface area is 129 Å². The molecule has 0 aliphatic rings. The fourth-order valence-electron chi connectivity index (χ4n) is 1.87. The second-order valence-electron chi connectivity index (χ2n) is 4.48. The van der Waals surface area contributed by atoms with Crippen LogP contribution in [0.15, 0.2) is 34.8 Å². The van der Waals surface area contributed by atoms with Crippen LogP contribution in [-0.2, 0) is 0 Å². The SMILES string of the molecule is CNc1cc(Nc2cc(F)c(Br)cc2C)cc([N+](=O)[O-])c1. The highest BCUT2D eigenvalue weighted by molar-refractivity contribution is 9.10. The molecule has 0 radical (unpaired) electrons. The van der Waals surface area contributed by atoms with E-state index in [1.165, 1.54) is 18.2 Å². The van der Waals surface area contributed by atoms with Gasteiger partial charge in [-0.25, -0.2) is 4.39 Å². The van der Waals surface area contributed by atoms with Gasteiger partial charge in [0, 0.05) is 36.2 Å². The van der Waals surface area contributed by atoms with Crippen molar-refractivity contribution < 1.29 is 9.31 Å². The average molecular weight is 354 g/mol. The van der Waals surface area contributed by atoms with Crippen LogP contribution >= 0.6 is 15.9 Å². The van der Waals surface area contributed by atoms with Gasteiger partial charge in [0.2, 0.25) is 0 Å². The molecular weight excluding hydrogens is 341 g/mol. The summed E-state index contributed by atoms with van der Waals surface area (Å²) in [6, 6.07) is 7.54. The van der Waals surface area contributed by atoms with Crippen LogP contribution in [0.5, 0.6) is 0 Å². The van der Waals surface area contributed by atoms with E-state index in [4.69, 9.17) is 0 Å². The predicted molar refractivity (Wildman–Crippen MR) is 84.8 cm³/mol. The van der Waals surface area contributed by atoms with Gasteiger partial charge in [-0.2, -0.15) is 0 Å². The van der Waals surface area contributed by atoms with E-state index in [0.29, 0.717) is 21.5 Å². The summed E-state index contributed by atoms with van der Waals surface area (Å²) in [4.78, 5) is 10.5. The molecule has 2 aromatic rings. The standard InChI is InChI=1S/C14H13BrFN3O2/c1-8-3-12(15)13(16)7-14(8)18-10-4-9(17-2)5-11(6-10)19(20)21/h3-7,17-18H,1-2H3. The summed E-state index contributed by atoms with van der Waals surface area (Å²) < 4.78 is 14.0. The minimum Gasteiger partial charge on any atom is -0.388 e. The third kappa shape index (κ3) is 3.49. The first-order valence-corrected chi connectivity index (χ1v) is 6.90. The molecule has 0 amide bonds. The Kier molecular flexibility index (Phi) is 4.42. The molecule has 2 rings (SSSR count). The Balaban J connectivity index is 2.41. The van der Waals surface area contributed by atoms with E-state index in [-0.39, 0.29) is 5.69 Å². The highest BCUT2D eigenvalue weighted by Gasteiger charge is 2.11. The van der Waals surface area contributed by atoms with Crippen molar-refractivity contribution >= 4 is 38.7 Å². The van der Waals surface area contributed by atoms with Crippen molar-refractivity contribution in [3.05, 3.63) is 56.3 Å². The van der Waals surface area contributed by atoms with Gasteiger partial charge < -0.3 is 10.6 Å². The molecule has 0 atom stereocenters. The summed E-state index contributed by atoms with van der Waals surface area (Å²) in [5, 5.41) is 16.8. The molecule has 0 aliphatic heterocycles. The summed E-state index contributed by atoms with van der Waals surface area (Å²) in [6.07, 6.45) is 0. The van der Waals surface area contributed by atoms with Crippen molar-refractivity contribution in [1.29, 1.82) is 0 Å². The summed E-state index contributed by atoms with van der Waals surface area (Å²) in [5.74, 6) is -0.401. The molecular formula is C14H13BrFN3O2. The van der Waals surface area contributed by atoms with E-state index in [9.17, 15) is 14.5 Å². The molecule has 7 heteroatoms. The monoisotopic (exact) mass is 353 g/mol. The number of hydrogen-bond acceptors (Lipinski definition) is 4. The normalized spacial score (nSPS) is 10.3. The lowest BCUT2D eigenvalue weighted by molar-refractivity contribution is -0.384. The van der Waals surface area contributed by atoms with Gasteiger partial charge in [0.05, 0.1) is 9.40 Å². The number of anilines is 3. The lowest BCUT2D eigenvalue weighted by Gasteiger charge is -2.12. The number of benzene rings is 2. The minimum atomic E-state index is -0.471. The van der Waals surface area contributed by atoms with Gasteiger partial charge in [0.15, 0.2) is 0 Å². The van der Waals surface area contributed by atoms with Crippen molar-refractivity contribution in [2.45, 2.75) is 6.92 Å². The Bertz CT molecular complexity index is 707. The molecule has 0 heterocycles. The largest absolute Gasteiger partial charge is 0.388 e. The van der Waals surface area contributed by atoms with Crippen molar-refractivity contribution in [2.75, 3.05) is 17.7 Å². The molecule has 2 aromatic carbocycles. The second-order valence-corrected chi connectivity index (χ2v) is 5.34. The van der Waals surface area contributed by atoms with E-state index in [1.54, 1.807) is 19.2 Å². The third-order valence-electron chi connectivity index (χ3n) is 2.96. The van der Waals surface area contributed by atoms with Crippen LogP contribution in [0.25, 0.3) is 0 Å². The van der Waals surface area contributed by atoms with Crippen LogP contribution in [0.4, 0.5) is 27.1 Å². The topological polar surface area (TPSA) is 67.2 Å². The molecule has 0 spiro atoms. The van der Waals surface area contributed by atoms with E-state index < -0.39 is 10.7 Å². The first kappa shape index (κ1) is 15.2. The van der Waals surface area contributed by atoms with Gasteiger partial charge in [0.1, 0.15) is 5.82 Å². The Morgan fingerprint density at radius 3 is 2.48 bits per heavy atom. The summed E-state index contributed by atoms with van der Waals surface area (Å²) in [5.41, 5.74) is 2.44. The number of nitrogens with one attached hydrogen (secondary N) is 2. The van der Waals surface area contributed by atoms with Crippen molar-refractivity contribution in [3.8, 4) is 0 Å². The number of aryl methyl sites for hydroxylation is 1. The fourth-order valence-corrected chi connectivity index (χ4v) is 2.33. The minimum absolute atomic E-state index is 0.0420. The van der Waals surface area contributed by atoms with Crippen LogP contribution in [-0.4, -0.2) is 12.0 Å². The van der Waals surface area contributed by atoms with Gasteiger partial charge in [-0.15, -0.1) is 0 Å². The first-order valence-electron chi connectivity index (χ1n) is 6.10. The Morgan fingerprint density at radius 1 is 1.19 bits per heavy atom. The Hall–Kier alpha value is -2.15. The summed E-state index contributed by atoms with van der Waals surface area (Å²) in [6.45, 7) is 1.82. The molecule has 0 saturated carbocycles. The van der Waals surface area contributed by atoms with Crippen LogP contribution in [0.1, 0.15) is 5.56 Å². The predicted octanol–water partition coefficient (Wildman–Crippen LogP) is 4.59. The fraction of sp³-hybridized carbons (Fsp3) is 0.143. The first-order chi connectivity index (χ1) is 9.90. The lowest BCUT2D eigenvalue weighted by atomic mass is 10.1. The van der Waals surface area contributed by atoms with E-state index in [2.05, 4.69) is 26.6 Å². The molecule has 0 unspecified atom stereocenters. The molecule has 0 fully saturated rings. The van der Waals surface area contributed by atoms with Crippen LogP contribution in [0, 0.1) is 22.9 Å². The highest BCUT2D eigenvalue weighted by Crippen LogP contribution is 2.30. The second kappa shape index (κ2) is 6.09. The van der Waals surface area contributed by atoms with E-state index in [0.717, 1.165) is 5.56 Å². The molecule has 0 aliphatic carbocycles. The van der Waals surface area contributed by atoms with Gasteiger partial charge in [-0.05, 0) is 46.6 Å². The zero-order chi connectivity index (χ0) is 15.6. The van der Waals surface area contributed by atoms with Crippen molar-refractivity contribution in [3.63, 3.8) is 0 Å². The molecule has 0 aromatic heterocycles. The number of halogens is 2. The number of nitro benzene ring substituents is 1. The smallest absolute Gasteiger partial charge is 0.273 e. The van der Waals surface area contributed by atoms with Crippen LogP contribution in [0.2, 0.25) is 0 Å². The molecule has 21 heavy (non-hydrogen) atoms. The average Bonchev–Trinajstić information content (AvgIpc) is 2.44. The zero-order valence-corrected chi connectivity index (χ0v) is 13.0. The third-order valence-corrected chi connectivity index (χ3v) is 3.57. The Morgan fingerprint density at radius 2 is 1.86 bits per heavy atom. The zero-order valence-electron chi connectivity index (χ0n) is 11.4. The van der Waals surface area contributed by atoms with Crippen molar-refractivity contribution in [2.24, 2.45) is 0 Å². The maximum absolute atomic E-state index is 13.6. The molecule has 0 saturated heterocycles. The quantitative estimate of drug-likeness (QED) is 0.623.